The Morgan fingerprint density at radius 1 is 1.27 bits per heavy atom. The first-order chi connectivity index (χ1) is 7.42. The summed E-state index contributed by atoms with van der Waals surface area (Å²) in [5, 5.41) is 0. The van der Waals surface area contributed by atoms with Crippen molar-refractivity contribution in [2.45, 2.75) is 38.2 Å². The zero-order chi connectivity index (χ0) is 10.5. The quantitative estimate of drug-likeness (QED) is 0.625. The first kappa shape index (κ1) is 11.0. The fraction of sp³-hybridized carbons (Fsp3) is 0.583. The molecule has 0 spiro atoms. The Balaban J connectivity index is 2.09. The smallest absolute Gasteiger partial charge is 0.117 e. The second-order valence-corrected chi connectivity index (χ2v) is 4.39. The minimum Gasteiger partial charge on any atom is -0.309 e. The molecule has 0 radical (unpaired) electrons. The lowest BCUT2D eigenvalue weighted by Crippen LogP contribution is -2.17. The molecule has 2 nitrogen and oxygen atoms in total. The van der Waals surface area contributed by atoms with E-state index < -0.39 is 0 Å². The third kappa shape index (κ3) is 2.73. The van der Waals surface area contributed by atoms with Gasteiger partial charge in [0.25, 0.3) is 0 Å². The van der Waals surface area contributed by atoms with Gasteiger partial charge in [-0.1, -0.05) is 25.3 Å². The lowest BCUT2D eigenvalue weighted by atomic mass is 9.84. The van der Waals surface area contributed by atoms with E-state index in [0.29, 0.717) is 5.92 Å². The van der Waals surface area contributed by atoms with Crippen molar-refractivity contribution >= 4 is 12.9 Å². The van der Waals surface area contributed by atoms with Crippen LogP contribution in [0, 0.1) is 5.92 Å². The summed E-state index contributed by atoms with van der Waals surface area (Å²) in [7, 11) is 0. The van der Waals surface area contributed by atoms with E-state index in [1.807, 2.05) is 24.4 Å². The number of hydrogen-bond donors (Lipinski definition) is 1. The van der Waals surface area contributed by atoms with Crippen LogP contribution in [-0.4, -0.2) is 4.98 Å². The van der Waals surface area contributed by atoms with Crippen LogP contribution < -0.4 is 0 Å². The van der Waals surface area contributed by atoms with E-state index in [1.165, 1.54) is 32.1 Å². The molecule has 0 N–H and O–H groups in total. The van der Waals surface area contributed by atoms with Crippen LogP contribution in [0.25, 0.3) is 0 Å². The molecular formula is C12H17NOS. The Labute approximate surface area is 96.7 Å². The Hall–Kier alpha value is -0.540. The summed E-state index contributed by atoms with van der Waals surface area (Å²) in [4.78, 5) is 4.35. The average Bonchev–Trinajstić information content (AvgIpc) is 2.33. The Morgan fingerprint density at radius 2 is 2.07 bits per heavy atom. The largest absolute Gasteiger partial charge is 0.309 e. The van der Waals surface area contributed by atoms with Gasteiger partial charge < -0.3 is 4.18 Å². The lowest BCUT2D eigenvalue weighted by molar-refractivity contribution is 0.131. The Kier molecular flexibility index (Phi) is 4.03. The van der Waals surface area contributed by atoms with Gasteiger partial charge >= 0.3 is 0 Å². The van der Waals surface area contributed by atoms with Gasteiger partial charge in [-0.25, -0.2) is 0 Å². The molecule has 0 bridgehead atoms. The van der Waals surface area contributed by atoms with Gasteiger partial charge in [-0.05, 0) is 43.8 Å². The predicted octanol–water partition coefficient (Wildman–Crippen LogP) is 3.56. The van der Waals surface area contributed by atoms with Crippen molar-refractivity contribution in [1.29, 1.82) is 0 Å². The van der Waals surface area contributed by atoms with Gasteiger partial charge in [0.15, 0.2) is 0 Å². The van der Waals surface area contributed by atoms with Gasteiger partial charge in [-0.3, -0.25) is 4.98 Å². The Bertz CT molecular complexity index is 285. The summed E-state index contributed by atoms with van der Waals surface area (Å²) in [5.74, 6) is 0.589. The third-order valence-electron chi connectivity index (χ3n) is 3.17. The highest BCUT2D eigenvalue weighted by molar-refractivity contribution is 7.75. The fourth-order valence-corrected chi connectivity index (χ4v) is 2.64. The first-order valence-electron chi connectivity index (χ1n) is 5.63. The Morgan fingerprint density at radius 3 is 2.67 bits per heavy atom. The predicted molar refractivity (Wildman–Crippen MR) is 63.6 cm³/mol. The lowest BCUT2D eigenvalue weighted by Gasteiger charge is -2.27. The minimum absolute atomic E-state index is 0.0647. The van der Waals surface area contributed by atoms with Crippen LogP contribution in [0.1, 0.15) is 43.9 Å². The van der Waals surface area contributed by atoms with Gasteiger partial charge in [0.2, 0.25) is 0 Å². The van der Waals surface area contributed by atoms with Crippen molar-refractivity contribution in [2.24, 2.45) is 5.92 Å². The maximum Gasteiger partial charge on any atom is 0.117 e. The molecule has 1 aliphatic carbocycles. The molecule has 1 aromatic heterocycles. The molecule has 0 aromatic carbocycles. The van der Waals surface area contributed by atoms with Crippen LogP contribution in [0.5, 0.6) is 0 Å². The number of hydrogen-bond acceptors (Lipinski definition) is 3. The maximum atomic E-state index is 5.31. The number of nitrogens with zero attached hydrogens (tertiary/aromatic N) is 1. The standard InChI is InChI=1S/C12H17NOS/c15-14-12(10-6-2-1-3-7-10)11-8-4-5-9-13-11/h4-5,8-10,12,15H,1-3,6-7H2. The molecule has 1 aromatic rings. The molecule has 1 saturated carbocycles. The molecule has 1 fully saturated rings. The summed E-state index contributed by atoms with van der Waals surface area (Å²) < 4.78 is 5.31. The highest BCUT2D eigenvalue weighted by Crippen LogP contribution is 2.36. The zero-order valence-electron chi connectivity index (χ0n) is 8.80. The molecular weight excluding hydrogens is 206 g/mol. The first-order valence-corrected chi connectivity index (χ1v) is 5.99. The second-order valence-electron chi connectivity index (χ2n) is 4.18. The van der Waals surface area contributed by atoms with Gasteiger partial charge in [0.05, 0.1) is 5.69 Å². The van der Waals surface area contributed by atoms with Gasteiger partial charge in [0, 0.05) is 6.20 Å². The van der Waals surface area contributed by atoms with E-state index in [4.69, 9.17) is 4.18 Å². The molecule has 1 heterocycles. The fourth-order valence-electron chi connectivity index (χ4n) is 2.36. The highest BCUT2D eigenvalue weighted by Gasteiger charge is 2.26. The van der Waals surface area contributed by atoms with E-state index in [9.17, 15) is 0 Å². The van der Waals surface area contributed by atoms with Crippen LogP contribution in [0.15, 0.2) is 24.4 Å². The molecule has 1 unspecified atom stereocenters. The van der Waals surface area contributed by atoms with Crippen molar-refractivity contribution in [3.63, 3.8) is 0 Å². The summed E-state index contributed by atoms with van der Waals surface area (Å²) in [6.07, 6.45) is 8.34. The summed E-state index contributed by atoms with van der Waals surface area (Å²) >= 11 is 4.00. The van der Waals surface area contributed by atoms with Crippen LogP contribution in [0.2, 0.25) is 0 Å². The molecule has 1 aliphatic rings. The van der Waals surface area contributed by atoms with Crippen LogP contribution in [0.4, 0.5) is 0 Å². The molecule has 1 atom stereocenters. The van der Waals surface area contributed by atoms with Gasteiger partial charge in [0.1, 0.15) is 6.10 Å². The summed E-state index contributed by atoms with van der Waals surface area (Å²) in [6, 6.07) is 5.96. The van der Waals surface area contributed by atoms with E-state index in [1.54, 1.807) is 0 Å². The van der Waals surface area contributed by atoms with E-state index in [0.717, 1.165) is 5.69 Å². The summed E-state index contributed by atoms with van der Waals surface area (Å²) in [5.41, 5.74) is 1.01. The topological polar surface area (TPSA) is 22.1 Å². The van der Waals surface area contributed by atoms with Gasteiger partial charge in [-0.2, -0.15) is 0 Å². The average molecular weight is 223 g/mol. The maximum absolute atomic E-state index is 5.31. The van der Waals surface area contributed by atoms with Crippen molar-refractivity contribution < 1.29 is 4.18 Å². The number of aromatic nitrogens is 1. The normalized spacial score (nSPS) is 20.1. The molecule has 0 aliphatic heterocycles. The molecule has 0 amide bonds. The minimum atomic E-state index is 0.0647. The SMILES string of the molecule is SOC(c1ccccn1)C1CCCCC1. The monoisotopic (exact) mass is 223 g/mol. The number of pyridine rings is 1. The molecule has 3 heteroatoms. The molecule has 15 heavy (non-hydrogen) atoms. The van der Waals surface area contributed by atoms with Crippen molar-refractivity contribution in [2.75, 3.05) is 0 Å². The van der Waals surface area contributed by atoms with Crippen LogP contribution >= 0.6 is 12.9 Å². The number of thiol groups is 1. The summed E-state index contributed by atoms with van der Waals surface area (Å²) in [6.45, 7) is 0. The van der Waals surface area contributed by atoms with Crippen molar-refractivity contribution in [3.05, 3.63) is 30.1 Å². The second kappa shape index (κ2) is 5.52. The van der Waals surface area contributed by atoms with E-state index in [-0.39, 0.29) is 6.10 Å². The zero-order valence-corrected chi connectivity index (χ0v) is 9.70. The van der Waals surface area contributed by atoms with Crippen LogP contribution in [-0.2, 0) is 4.18 Å². The molecule has 82 valence electrons. The van der Waals surface area contributed by atoms with Gasteiger partial charge in [-0.15, -0.1) is 0 Å². The van der Waals surface area contributed by atoms with E-state index in [2.05, 4.69) is 17.9 Å². The van der Waals surface area contributed by atoms with E-state index >= 15 is 0 Å². The molecule has 0 saturated heterocycles. The third-order valence-corrected chi connectivity index (χ3v) is 3.40. The van der Waals surface area contributed by atoms with Crippen molar-refractivity contribution in [3.8, 4) is 0 Å². The number of rotatable bonds is 3. The van der Waals surface area contributed by atoms with Crippen molar-refractivity contribution in [1.82, 2.24) is 4.98 Å². The highest BCUT2D eigenvalue weighted by atomic mass is 32.1. The molecule has 2 rings (SSSR count). The van der Waals surface area contributed by atoms with Crippen LogP contribution in [0.3, 0.4) is 0 Å².